The van der Waals surface area contributed by atoms with Gasteiger partial charge < -0.3 is 10.2 Å². The lowest BCUT2D eigenvalue weighted by atomic mass is 10.2. The van der Waals surface area contributed by atoms with Crippen LogP contribution in [0.1, 0.15) is 37.9 Å². The van der Waals surface area contributed by atoms with Gasteiger partial charge in [-0.3, -0.25) is 0 Å². The first-order chi connectivity index (χ1) is 9.16. The van der Waals surface area contributed by atoms with Crippen molar-refractivity contribution in [1.29, 1.82) is 0 Å². The average Bonchev–Trinajstić information content (AvgIpc) is 2.92. The Kier molecular flexibility index (Phi) is 5.40. The van der Waals surface area contributed by atoms with Crippen LogP contribution in [0.5, 0.6) is 0 Å². The van der Waals surface area contributed by atoms with Crippen molar-refractivity contribution in [2.45, 2.75) is 45.1 Å². The molecule has 0 radical (unpaired) electrons. The zero-order valence-electron chi connectivity index (χ0n) is 11.8. The second-order valence-corrected chi connectivity index (χ2v) is 5.72. The summed E-state index contributed by atoms with van der Waals surface area (Å²) in [6.45, 7) is 3.89. The summed E-state index contributed by atoms with van der Waals surface area (Å²) in [5.74, 6) is 1.49. The molecule has 0 atom stereocenters. The van der Waals surface area contributed by atoms with Gasteiger partial charge in [0, 0.05) is 12.6 Å². The molecule has 5 heteroatoms. The van der Waals surface area contributed by atoms with Crippen LogP contribution in [0.15, 0.2) is 6.20 Å². The number of anilines is 1. The quantitative estimate of drug-likeness (QED) is 0.814. The van der Waals surface area contributed by atoms with E-state index < -0.39 is 0 Å². The highest BCUT2D eigenvalue weighted by molar-refractivity contribution is 6.32. The van der Waals surface area contributed by atoms with Gasteiger partial charge in [-0.05, 0) is 39.8 Å². The van der Waals surface area contributed by atoms with Crippen molar-refractivity contribution in [3.63, 3.8) is 0 Å². The van der Waals surface area contributed by atoms with Crippen molar-refractivity contribution in [2.24, 2.45) is 0 Å². The van der Waals surface area contributed by atoms with Crippen LogP contribution in [0, 0.1) is 6.92 Å². The third-order valence-corrected chi connectivity index (χ3v) is 4.07. The molecule has 1 N–H and O–H groups in total. The molecule has 1 fully saturated rings. The summed E-state index contributed by atoms with van der Waals surface area (Å²) in [5.41, 5.74) is 0. The predicted octanol–water partition coefficient (Wildman–Crippen LogP) is 3.11. The molecule has 1 aromatic rings. The first kappa shape index (κ1) is 14.5. The Labute approximate surface area is 120 Å². The van der Waals surface area contributed by atoms with Gasteiger partial charge in [0.05, 0.1) is 6.20 Å². The number of rotatable bonds is 6. The molecule has 0 aliphatic heterocycles. The second-order valence-electron chi connectivity index (χ2n) is 5.31. The Bertz CT molecular complexity index is 404. The average molecular weight is 283 g/mol. The van der Waals surface area contributed by atoms with Crippen molar-refractivity contribution in [2.75, 3.05) is 25.5 Å². The number of aryl methyl sites for hydroxylation is 1. The van der Waals surface area contributed by atoms with E-state index in [0.717, 1.165) is 37.2 Å². The molecular weight excluding hydrogens is 260 g/mol. The highest BCUT2D eigenvalue weighted by Crippen LogP contribution is 2.22. The largest absolute Gasteiger partial charge is 0.369 e. The van der Waals surface area contributed by atoms with Crippen LogP contribution in [0.4, 0.5) is 5.82 Å². The molecular formula is C14H23ClN4. The van der Waals surface area contributed by atoms with E-state index in [1.54, 1.807) is 6.20 Å². The van der Waals surface area contributed by atoms with Gasteiger partial charge in [0.25, 0.3) is 0 Å². The van der Waals surface area contributed by atoms with Crippen LogP contribution in [0.3, 0.4) is 0 Å². The van der Waals surface area contributed by atoms with Crippen LogP contribution in [0.2, 0.25) is 5.02 Å². The fraction of sp³-hybridized carbons (Fsp3) is 0.714. The van der Waals surface area contributed by atoms with Crippen molar-refractivity contribution < 1.29 is 0 Å². The standard InChI is InChI=1S/C14H23ClN4/c1-11-17-10-13(15)14(18-11)16-8-5-9-19(2)12-6-3-4-7-12/h10,12H,3-9H2,1-2H3,(H,16,17,18). The van der Waals surface area contributed by atoms with E-state index in [0.29, 0.717) is 5.02 Å². The maximum atomic E-state index is 6.04. The Morgan fingerprint density at radius 2 is 2.16 bits per heavy atom. The van der Waals surface area contributed by atoms with Crippen LogP contribution < -0.4 is 5.32 Å². The number of halogens is 1. The monoisotopic (exact) mass is 282 g/mol. The molecule has 0 saturated heterocycles. The number of nitrogens with one attached hydrogen (secondary N) is 1. The van der Waals surface area contributed by atoms with E-state index in [9.17, 15) is 0 Å². The fourth-order valence-corrected chi connectivity index (χ4v) is 2.80. The molecule has 1 aliphatic carbocycles. The van der Waals surface area contributed by atoms with Gasteiger partial charge in [0.1, 0.15) is 16.7 Å². The first-order valence-electron chi connectivity index (χ1n) is 7.10. The molecule has 1 aliphatic rings. The first-order valence-corrected chi connectivity index (χ1v) is 7.48. The molecule has 0 spiro atoms. The summed E-state index contributed by atoms with van der Waals surface area (Å²) in [6, 6.07) is 0.796. The molecule has 1 saturated carbocycles. The van der Waals surface area contributed by atoms with Crippen molar-refractivity contribution in [3.8, 4) is 0 Å². The maximum Gasteiger partial charge on any atom is 0.148 e. The Hall–Kier alpha value is -0.870. The minimum atomic E-state index is 0.592. The van der Waals surface area contributed by atoms with Crippen LogP contribution in [-0.2, 0) is 0 Å². The Morgan fingerprint density at radius 1 is 1.42 bits per heavy atom. The van der Waals surface area contributed by atoms with Gasteiger partial charge in [-0.2, -0.15) is 0 Å². The normalized spacial score (nSPS) is 16.2. The summed E-state index contributed by atoms with van der Waals surface area (Å²) in [4.78, 5) is 10.8. The molecule has 1 heterocycles. The summed E-state index contributed by atoms with van der Waals surface area (Å²) in [7, 11) is 2.23. The van der Waals surface area contributed by atoms with E-state index in [1.807, 2.05) is 6.92 Å². The van der Waals surface area contributed by atoms with Gasteiger partial charge in [-0.1, -0.05) is 24.4 Å². The zero-order valence-corrected chi connectivity index (χ0v) is 12.6. The third-order valence-electron chi connectivity index (χ3n) is 3.79. The summed E-state index contributed by atoms with van der Waals surface area (Å²) in [5, 5.41) is 3.88. The minimum absolute atomic E-state index is 0.592. The highest BCUT2D eigenvalue weighted by Gasteiger charge is 2.18. The number of hydrogen-bond donors (Lipinski definition) is 1. The summed E-state index contributed by atoms with van der Waals surface area (Å²) < 4.78 is 0. The predicted molar refractivity (Wildman–Crippen MR) is 79.8 cm³/mol. The zero-order chi connectivity index (χ0) is 13.7. The topological polar surface area (TPSA) is 41.1 Å². The van der Waals surface area contributed by atoms with Crippen LogP contribution in [-0.4, -0.2) is 41.0 Å². The maximum absolute atomic E-state index is 6.04. The molecule has 19 heavy (non-hydrogen) atoms. The molecule has 106 valence electrons. The van der Waals surface area contributed by atoms with E-state index in [2.05, 4.69) is 27.2 Å². The fourth-order valence-electron chi connectivity index (χ4n) is 2.64. The molecule has 0 bridgehead atoms. The molecule has 1 aromatic heterocycles. The van der Waals surface area contributed by atoms with E-state index in [-0.39, 0.29) is 0 Å². The SMILES string of the molecule is Cc1ncc(Cl)c(NCCCN(C)C2CCCC2)n1. The molecule has 0 amide bonds. The molecule has 0 unspecified atom stereocenters. The van der Waals surface area contributed by atoms with E-state index in [1.165, 1.54) is 25.7 Å². The van der Waals surface area contributed by atoms with Gasteiger partial charge >= 0.3 is 0 Å². The van der Waals surface area contributed by atoms with Crippen molar-refractivity contribution in [1.82, 2.24) is 14.9 Å². The van der Waals surface area contributed by atoms with Crippen molar-refractivity contribution >= 4 is 17.4 Å². The molecule has 2 rings (SSSR count). The Balaban J connectivity index is 1.70. The lowest BCUT2D eigenvalue weighted by molar-refractivity contribution is 0.245. The third kappa shape index (κ3) is 4.32. The van der Waals surface area contributed by atoms with Gasteiger partial charge in [-0.25, -0.2) is 9.97 Å². The van der Waals surface area contributed by atoms with E-state index in [4.69, 9.17) is 11.6 Å². The minimum Gasteiger partial charge on any atom is -0.369 e. The molecule has 0 aromatic carbocycles. The smallest absolute Gasteiger partial charge is 0.148 e. The number of nitrogens with zero attached hydrogens (tertiary/aromatic N) is 3. The molecule has 4 nitrogen and oxygen atoms in total. The lowest BCUT2D eigenvalue weighted by Crippen LogP contribution is -2.31. The van der Waals surface area contributed by atoms with Crippen molar-refractivity contribution in [3.05, 3.63) is 17.0 Å². The Morgan fingerprint density at radius 3 is 2.89 bits per heavy atom. The van der Waals surface area contributed by atoms with Gasteiger partial charge in [0.2, 0.25) is 0 Å². The van der Waals surface area contributed by atoms with Crippen LogP contribution >= 0.6 is 11.6 Å². The van der Waals surface area contributed by atoms with Gasteiger partial charge in [-0.15, -0.1) is 0 Å². The second kappa shape index (κ2) is 7.06. The highest BCUT2D eigenvalue weighted by atomic mass is 35.5. The summed E-state index contributed by atoms with van der Waals surface area (Å²) >= 11 is 6.04. The van der Waals surface area contributed by atoms with E-state index >= 15 is 0 Å². The number of hydrogen-bond acceptors (Lipinski definition) is 4. The van der Waals surface area contributed by atoms with Crippen LogP contribution in [0.25, 0.3) is 0 Å². The van der Waals surface area contributed by atoms with Gasteiger partial charge in [0.15, 0.2) is 0 Å². The lowest BCUT2D eigenvalue weighted by Gasteiger charge is -2.23. The summed E-state index contributed by atoms with van der Waals surface area (Å²) in [6.07, 6.45) is 8.26. The number of aromatic nitrogens is 2.